The molecule has 1 saturated heterocycles. The van der Waals surface area contributed by atoms with Gasteiger partial charge >= 0.3 is 0 Å². The Balaban J connectivity index is 1.38. The zero-order valence-corrected chi connectivity index (χ0v) is 18.6. The molecule has 3 aromatic rings. The summed E-state index contributed by atoms with van der Waals surface area (Å²) in [5.41, 5.74) is 1.16. The van der Waals surface area contributed by atoms with Crippen LogP contribution in [0.2, 0.25) is 0 Å². The molecule has 2 aromatic carbocycles. The molecule has 0 spiro atoms. The van der Waals surface area contributed by atoms with Crippen molar-refractivity contribution in [1.29, 1.82) is 0 Å². The lowest BCUT2D eigenvalue weighted by atomic mass is 10.1. The number of carbonyl (C=O) groups is 1. The number of benzene rings is 2. The number of fused-ring (bicyclic) bond motifs is 1. The maximum atomic E-state index is 13.2. The largest absolute Gasteiger partial charge is 0.493 e. The maximum Gasteiger partial charge on any atom is 0.261 e. The van der Waals surface area contributed by atoms with E-state index >= 15 is 0 Å². The highest BCUT2D eigenvalue weighted by atomic mass is 19.1. The average molecular weight is 455 g/mol. The molecule has 2 heterocycles. The number of aromatic nitrogens is 2. The maximum absolute atomic E-state index is 13.2. The van der Waals surface area contributed by atoms with Gasteiger partial charge in [-0.1, -0.05) is 12.1 Å². The minimum absolute atomic E-state index is 0.00128. The van der Waals surface area contributed by atoms with Gasteiger partial charge in [0, 0.05) is 25.6 Å². The van der Waals surface area contributed by atoms with Crippen molar-refractivity contribution >= 4 is 16.8 Å². The summed E-state index contributed by atoms with van der Waals surface area (Å²) < 4.78 is 31.0. The number of amides is 1. The third kappa shape index (κ3) is 4.98. The zero-order chi connectivity index (χ0) is 23.4. The third-order valence-corrected chi connectivity index (χ3v) is 5.78. The van der Waals surface area contributed by atoms with Crippen LogP contribution in [0.15, 0.2) is 47.5 Å². The van der Waals surface area contributed by atoms with Crippen LogP contribution in [-0.4, -0.2) is 54.3 Å². The average Bonchev–Trinajstić information content (AvgIpc) is 2.85. The van der Waals surface area contributed by atoms with Crippen molar-refractivity contribution in [2.45, 2.75) is 25.5 Å². The van der Waals surface area contributed by atoms with E-state index in [4.69, 9.17) is 14.2 Å². The monoisotopic (exact) mass is 455 g/mol. The number of ether oxygens (including phenoxy) is 3. The number of rotatable bonds is 7. The van der Waals surface area contributed by atoms with Gasteiger partial charge in [0.1, 0.15) is 11.9 Å². The summed E-state index contributed by atoms with van der Waals surface area (Å²) in [6.07, 6.45) is 2.01. The van der Waals surface area contributed by atoms with Crippen LogP contribution in [0.4, 0.5) is 4.39 Å². The Morgan fingerprint density at radius 1 is 1.18 bits per heavy atom. The molecule has 1 aliphatic rings. The summed E-state index contributed by atoms with van der Waals surface area (Å²) in [7, 11) is 3.04. The lowest BCUT2D eigenvalue weighted by molar-refractivity contribution is -0.139. The lowest BCUT2D eigenvalue weighted by Gasteiger charge is -2.33. The number of methoxy groups -OCH3 is 2. The van der Waals surface area contributed by atoms with E-state index in [1.54, 1.807) is 29.2 Å². The second kappa shape index (κ2) is 9.99. The first kappa shape index (κ1) is 22.7. The molecule has 8 nitrogen and oxygen atoms in total. The predicted octanol–water partition coefficient (Wildman–Crippen LogP) is 2.93. The lowest BCUT2D eigenvalue weighted by Crippen LogP contribution is -2.42. The van der Waals surface area contributed by atoms with E-state index in [-0.39, 0.29) is 23.4 Å². The van der Waals surface area contributed by atoms with Crippen LogP contribution in [0.1, 0.15) is 24.5 Å². The van der Waals surface area contributed by atoms with E-state index in [2.05, 4.69) is 4.98 Å². The Morgan fingerprint density at radius 3 is 2.64 bits per heavy atom. The molecule has 0 aliphatic carbocycles. The van der Waals surface area contributed by atoms with Crippen LogP contribution >= 0.6 is 0 Å². The van der Waals surface area contributed by atoms with Gasteiger partial charge < -0.3 is 19.1 Å². The van der Waals surface area contributed by atoms with E-state index in [0.717, 1.165) is 5.56 Å². The molecule has 1 atom stereocenters. The van der Waals surface area contributed by atoms with E-state index in [1.165, 1.54) is 37.2 Å². The van der Waals surface area contributed by atoms with Crippen LogP contribution in [-0.2, 0) is 16.1 Å². The second-order valence-corrected chi connectivity index (χ2v) is 7.82. The predicted molar refractivity (Wildman–Crippen MR) is 120 cm³/mol. The normalized spacial score (nSPS) is 16.1. The van der Waals surface area contributed by atoms with Gasteiger partial charge in [-0.3, -0.25) is 14.2 Å². The zero-order valence-electron chi connectivity index (χ0n) is 18.6. The van der Waals surface area contributed by atoms with E-state index in [1.807, 2.05) is 0 Å². The second-order valence-electron chi connectivity index (χ2n) is 7.82. The number of halogens is 1. The van der Waals surface area contributed by atoms with Crippen molar-refractivity contribution in [2.75, 3.05) is 33.9 Å². The van der Waals surface area contributed by atoms with Gasteiger partial charge in [0.15, 0.2) is 11.5 Å². The molecule has 0 saturated carbocycles. The van der Waals surface area contributed by atoms with Gasteiger partial charge in [0.25, 0.3) is 5.56 Å². The Kier molecular flexibility index (Phi) is 6.88. The number of morpholine rings is 1. The summed E-state index contributed by atoms with van der Waals surface area (Å²) in [6.45, 7) is 1.72. The molecule has 33 heavy (non-hydrogen) atoms. The van der Waals surface area contributed by atoms with Crippen molar-refractivity contribution in [3.05, 3.63) is 64.5 Å². The van der Waals surface area contributed by atoms with E-state index in [9.17, 15) is 14.0 Å². The minimum Gasteiger partial charge on any atom is -0.493 e. The van der Waals surface area contributed by atoms with Crippen molar-refractivity contribution in [2.24, 2.45) is 0 Å². The number of carbonyl (C=O) groups excluding carboxylic acids is 1. The summed E-state index contributed by atoms with van der Waals surface area (Å²) in [5.74, 6) is 0.654. The molecular formula is C24H26FN3O5. The van der Waals surface area contributed by atoms with Crippen LogP contribution in [0.3, 0.4) is 0 Å². The molecule has 1 amide bonds. The van der Waals surface area contributed by atoms with Crippen LogP contribution in [0.25, 0.3) is 10.9 Å². The Labute approximate surface area is 190 Å². The Hall–Kier alpha value is -3.46. The van der Waals surface area contributed by atoms with Crippen molar-refractivity contribution in [3.8, 4) is 11.5 Å². The standard InChI is InChI=1S/C24H26FN3O5/c1-31-20-12-18-19(13-21(20)32-2)26-15-28(24(18)30)9-3-4-23(29)27-10-11-33-22(14-27)16-5-7-17(25)8-6-16/h5-8,12-13,15,22H,3-4,9-11,14H2,1-2H3. The van der Waals surface area contributed by atoms with Crippen molar-refractivity contribution in [3.63, 3.8) is 0 Å². The summed E-state index contributed by atoms with van der Waals surface area (Å²) in [6, 6.07) is 9.42. The van der Waals surface area contributed by atoms with Gasteiger partial charge in [-0.2, -0.15) is 0 Å². The molecule has 1 unspecified atom stereocenters. The number of aryl methyl sites for hydroxylation is 1. The summed E-state index contributed by atoms with van der Waals surface area (Å²) in [4.78, 5) is 31.7. The van der Waals surface area contributed by atoms with Crippen LogP contribution in [0, 0.1) is 5.82 Å². The molecule has 9 heteroatoms. The fourth-order valence-corrected chi connectivity index (χ4v) is 3.96. The van der Waals surface area contributed by atoms with Gasteiger partial charge in [-0.15, -0.1) is 0 Å². The fraction of sp³-hybridized carbons (Fsp3) is 0.375. The number of hydrogen-bond acceptors (Lipinski definition) is 6. The van der Waals surface area contributed by atoms with Gasteiger partial charge in [0.2, 0.25) is 5.91 Å². The molecule has 1 aromatic heterocycles. The van der Waals surface area contributed by atoms with Gasteiger partial charge in [0.05, 0.1) is 44.6 Å². The first-order valence-electron chi connectivity index (χ1n) is 10.8. The third-order valence-electron chi connectivity index (χ3n) is 5.78. The van der Waals surface area contributed by atoms with E-state index < -0.39 is 0 Å². The molecule has 0 bridgehead atoms. The highest BCUT2D eigenvalue weighted by Gasteiger charge is 2.25. The highest BCUT2D eigenvalue weighted by Crippen LogP contribution is 2.30. The number of nitrogens with zero attached hydrogens (tertiary/aromatic N) is 3. The highest BCUT2D eigenvalue weighted by molar-refractivity contribution is 5.81. The Morgan fingerprint density at radius 2 is 1.91 bits per heavy atom. The fourth-order valence-electron chi connectivity index (χ4n) is 3.96. The first-order valence-corrected chi connectivity index (χ1v) is 10.8. The van der Waals surface area contributed by atoms with E-state index in [0.29, 0.717) is 61.5 Å². The smallest absolute Gasteiger partial charge is 0.261 e. The van der Waals surface area contributed by atoms with Gasteiger partial charge in [-0.05, 0) is 30.2 Å². The number of hydrogen-bond donors (Lipinski definition) is 0. The van der Waals surface area contributed by atoms with Crippen molar-refractivity contribution in [1.82, 2.24) is 14.5 Å². The molecule has 1 fully saturated rings. The summed E-state index contributed by atoms with van der Waals surface area (Å²) in [5, 5.41) is 0.428. The quantitative estimate of drug-likeness (QED) is 0.545. The SMILES string of the molecule is COc1cc2ncn(CCCC(=O)N3CCOC(c4ccc(F)cc4)C3)c(=O)c2cc1OC. The molecule has 4 rings (SSSR count). The van der Waals surface area contributed by atoms with Crippen LogP contribution < -0.4 is 15.0 Å². The topological polar surface area (TPSA) is 82.9 Å². The summed E-state index contributed by atoms with van der Waals surface area (Å²) >= 11 is 0. The molecule has 0 radical (unpaired) electrons. The van der Waals surface area contributed by atoms with Gasteiger partial charge in [-0.25, -0.2) is 9.37 Å². The first-order chi connectivity index (χ1) is 16.0. The molecular weight excluding hydrogens is 429 g/mol. The minimum atomic E-state index is -0.307. The Bertz CT molecular complexity index is 1200. The molecule has 174 valence electrons. The molecule has 0 N–H and O–H groups in total. The van der Waals surface area contributed by atoms with Crippen molar-refractivity contribution < 1.29 is 23.4 Å². The molecule has 1 aliphatic heterocycles. The van der Waals surface area contributed by atoms with Crippen LogP contribution in [0.5, 0.6) is 11.5 Å².